The zero-order valence-corrected chi connectivity index (χ0v) is 14.4. The van der Waals surface area contributed by atoms with Crippen LogP contribution in [0.2, 0.25) is 0 Å². The fourth-order valence-electron chi connectivity index (χ4n) is 2.64. The lowest BCUT2D eigenvalue weighted by molar-refractivity contribution is 1.51. The predicted molar refractivity (Wildman–Crippen MR) is 107 cm³/mol. The molecule has 0 nitrogen and oxygen atoms in total. The molecule has 0 atom stereocenters. The molecule has 3 aromatic rings. The lowest BCUT2D eigenvalue weighted by Gasteiger charge is -2.14. The molecule has 0 radical (unpaired) electrons. The molecule has 0 unspecified atom stereocenters. The van der Waals surface area contributed by atoms with E-state index in [1.54, 1.807) is 6.08 Å². The van der Waals surface area contributed by atoms with Crippen LogP contribution in [0.3, 0.4) is 0 Å². The summed E-state index contributed by atoms with van der Waals surface area (Å²) in [6.07, 6.45) is 1.75. The number of hydrogen-bond acceptors (Lipinski definition) is 0. The van der Waals surface area contributed by atoms with Crippen molar-refractivity contribution in [3.8, 4) is 0 Å². The number of hydrogen-bond donors (Lipinski definition) is 0. The molecule has 3 aromatic carbocycles. The highest BCUT2D eigenvalue weighted by atomic mass is 14.1. The summed E-state index contributed by atoms with van der Waals surface area (Å²) in [7, 11) is 0. The van der Waals surface area contributed by atoms with Crippen molar-refractivity contribution in [2.45, 2.75) is 13.8 Å². The number of benzene rings is 3. The Kier molecular flexibility index (Phi) is 6.79. The van der Waals surface area contributed by atoms with Crippen molar-refractivity contribution in [1.82, 2.24) is 0 Å². The van der Waals surface area contributed by atoms with Crippen LogP contribution in [0.1, 0.15) is 30.5 Å². The maximum atomic E-state index is 3.36. The second kappa shape index (κ2) is 9.32. The summed E-state index contributed by atoms with van der Waals surface area (Å²) >= 11 is 0. The Morgan fingerprint density at radius 1 is 0.625 bits per heavy atom. The lowest BCUT2D eigenvalue weighted by atomic mass is 9.90. The third-order valence-electron chi connectivity index (χ3n) is 3.71. The molecule has 0 fully saturated rings. The van der Waals surface area contributed by atoms with Gasteiger partial charge < -0.3 is 0 Å². The van der Waals surface area contributed by atoms with Crippen LogP contribution in [0.4, 0.5) is 0 Å². The van der Waals surface area contributed by atoms with E-state index in [4.69, 9.17) is 0 Å². The highest BCUT2D eigenvalue weighted by Gasteiger charge is 2.09. The van der Waals surface area contributed by atoms with Crippen molar-refractivity contribution < 1.29 is 0 Å². The van der Waals surface area contributed by atoms with E-state index in [0.29, 0.717) is 0 Å². The Bertz CT molecular complexity index is 725. The zero-order chi connectivity index (χ0) is 17.2. The Morgan fingerprint density at radius 3 is 1.25 bits per heavy atom. The quantitative estimate of drug-likeness (QED) is 0.366. The second-order valence-corrected chi connectivity index (χ2v) is 5.51. The van der Waals surface area contributed by atoms with Gasteiger partial charge in [-0.15, -0.1) is 6.58 Å². The van der Waals surface area contributed by atoms with Gasteiger partial charge in [0, 0.05) is 0 Å². The smallest absolute Gasteiger partial charge is 0.00762 e. The van der Waals surface area contributed by atoms with Gasteiger partial charge in [-0.25, -0.2) is 0 Å². The van der Waals surface area contributed by atoms with Crippen LogP contribution in [0.25, 0.3) is 11.1 Å². The van der Waals surface area contributed by atoms with Crippen LogP contribution in [0.15, 0.2) is 104 Å². The molecule has 0 aliphatic rings. The van der Waals surface area contributed by atoms with E-state index in [-0.39, 0.29) is 0 Å². The maximum absolute atomic E-state index is 3.36. The van der Waals surface area contributed by atoms with E-state index in [1.807, 2.05) is 6.92 Å². The zero-order valence-electron chi connectivity index (χ0n) is 14.4. The Balaban J connectivity index is 0.000000647. The van der Waals surface area contributed by atoms with Gasteiger partial charge >= 0.3 is 0 Å². The van der Waals surface area contributed by atoms with Crippen molar-refractivity contribution in [3.63, 3.8) is 0 Å². The van der Waals surface area contributed by atoms with Crippen LogP contribution in [0.5, 0.6) is 0 Å². The van der Waals surface area contributed by atoms with E-state index in [2.05, 4.69) is 104 Å². The fraction of sp³-hybridized carbons (Fsp3) is 0.0833. The van der Waals surface area contributed by atoms with Gasteiger partial charge in [-0.1, -0.05) is 97.1 Å². The molecule has 0 amide bonds. The second-order valence-electron chi connectivity index (χ2n) is 5.51. The summed E-state index contributed by atoms with van der Waals surface area (Å²) in [6, 6.07) is 31.8. The Hall–Kier alpha value is -2.86. The summed E-state index contributed by atoms with van der Waals surface area (Å²) in [5, 5.41) is 0. The summed E-state index contributed by atoms with van der Waals surface area (Å²) in [6.45, 7) is 7.45. The SMILES string of the molecule is C=CC.CC(=C(c1ccccc1)c1ccccc1)c1ccccc1. The molecule has 3 rings (SSSR count). The number of rotatable bonds is 3. The minimum atomic E-state index is 1.25. The average Bonchev–Trinajstić information content (AvgIpc) is 2.65. The molecule has 0 aliphatic heterocycles. The molecule has 0 N–H and O–H groups in total. The van der Waals surface area contributed by atoms with Gasteiger partial charge in [-0.3, -0.25) is 0 Å². The summed E-state index contributed by atoms with van der Waals surface area (Å²) in [4.78, 5) is 0. The molecule has 0 heterocycles. The molecule has 120 valence electrons. The monoisotopic (exact) mass is 312 g/mol. The standard InChI is InChI=1S/C21H18.C3H6/c1-17(18-11-5-2-6-12-18)21(19-13-7-3-8-14-19)20-15-9-4-10-16-20;1-3-2/h2-16H,1H3;3H,1H2,2H3. The highest BCUT2D eigenvalue weighted by Crippen LogP contribution is 2.31. The minimum absolute atomic E-state index is 1.25. The van der Waals surface area contributed by atoms with E-state index in [1.165, 1.54) is 27.8 Å². The third-order valence-corrected chi connectivity index (χ3v) is 3.71. The normalized spacial score (nSPS) is 9.42. The summed E-state index contributed by atoms with van der Waals surface area (Å²) < 4.78 is 0. The van der Waals surface area contributed by atoms with E-state index < -0.39 is 0 Å². The van der Waals surface area contributed by atoms with E-state index >= 15 is 0 Å². The molecule has 0 saturated heterocycles. The van der Waals surface area contributed by atoms with Crippen molar-refractivity contribution >= 4 is 11.1 Å². The fourth-order valence-corrected chi connectivity index (χ4v) is 2.64. The first-order valence-corrected chi connectivity index (χ1v) is 8.22. The topological polar surface area (TPSA) is 0 Å². The first kappa shape index (κ1) is 17.5. The number of allylic oxidation sites excluding steroid dienone is 2. The van der Waals surface area contributed by atoms with Crippen LogP contribution in [0, 0.1) is 0 Å². The Morgan fingerprint density at radius 2 is 0.917 bits per heavy atom. The van der Waals surface area contributed by atoms with E-state index in [0.717, 1.165) is 0 Å². The maximum Gasteiger partial charge on any atom is -0.00762 e. The molecule has 0 spiro atoms. The first-order valence-electron chi connectivity index (χ1n) is 8.22. The van der Waals surface area contributed by atoms with Crippen LogP contribution < -0.4 is 0 Å². The van der Waals surface area contributed by atoms with Crippen LogP contribution >= 0.6 is 0 Å². The van der Waals surface area contributed by atoms with Gasteiger partial charge in [0.05, 0.1) is 0 Å². The molecular weight excluding hydrogens is 288 g/mol. The van der Waals surface area contributed by atoms with Crippen molar-refractivity contribution in [2.75, 3.05) is 0 Å². The van der Waals surface area contributed by atoms with Crippen molar-refractivity contribution in [1.29, 1.82) is 0 Å². The summed E-state index contributed by atoms with van der Waals surface area (Å²) in [5.41, 5.74) is 6.37. The lowest BCUT2D eigenvalue weighted by Crippen LogP contribution is -1.92. The first-order chi connectivity index (χ1) is 11.8. The largest absolute Gasteiger partial charge is 0.103 e. The third kappa shape index (κ3) is 4.57. The molecule has 0 aromatic heterocycles. The van der Waals surface area contributed by atoms with Gasteiger partial charge in [0.15, 0.2) is 0 Å². The van der Waals surface area contributed by atoms with Gasteiger partial charge in [0.2, 0.25) is 0 Å². The summed E-state index contributed by atoms with van der Waals surface area (Å²) in [5.74, 6) is 0. The van der Waals surface area contributed by atoms with Gasteiger partial charge in [0.25, 0.3) is 0 Å². The molecule has 24 heavy (non-hydrogen) atoms. The van der Waals surface area contributed by atoms with Crippen LogP contribution in [-0.4, -0.2) is 0 Å². The van der Waals surface area contributed by atoms with Crippen LogP contribution in [-0.2, 0) is 0 Å². The molecule has 0 saturated carbocycles. The van der Waals surface area contributed by atoms with Crippen molar-refractivity contribution in [2.24, 2.45) is 0 Å². The molecule has 0 heteroatoms. The Labute approximate surface area is 145 Å². The van der Waals surface area contributed by atoms with Gasteiger partial charge in [-0.05, 0) is 41.7 Å². The average molecular weight is 312 g/mol. The van der Waals surface area contributed by atoms with E-state index in [9.17, 15) is 0 Å². The van der Waals surface area contributed by atoms with Gasteiger partial charge in [0.1, 0.15) is 0 Å². The highest BCUT2D eigenvalue weighted by molar-refractivity contribution is 5.97. The molecule has 0 bridgehead atoms. The molecule has 0 aliphatic carbocycles. The van der Waals surface area contributed by atoms with Crippen molar-refractivity contribution in [3.05, 3.63) is 120 Å². The predicted octanol–water partition coefficient (Wildman–Crippen LogP) is 6.86. The molecular formula is C24H24. The van der Waals surface area contributed by atoms with Gasteiger partial charge in [-0.2, -0.15) is 0 Å². The minimum Gasteiger partial charge on any atom is -0.103 e.